The van der Waals surface area contributed by atoms with Crippen LogP contribution in [0.4, 0.5) is 0 Å². The Bertz CT molecular complexity index is 441. The van der Waals surface area contributed by atoms with E-state index < -0.39 is 7.12 Å². The molecule has 0 radical (unpaired) electrons. The van der Waals surface area contributed by atoms with Crippen molar-refractivity contribution >= 4 is 12.6 Å². The van der Waals surface area contributed by atoms with E-state index in [-0.39, 0.29) is 0 Å². The van der Waals surface area contributed by atoms with E-state index in [0.717, 1.165) is 31.7 Å². The van der Waals surface area contributed by atoms with Gasteiger partial charge in [-0.3, -0.25) is 9.80 Å². The van der Waals surface area contributed by atoms with Crippen LogP contribution in [-0.2, 0) is 6.54 Å². The lowest BCUT2D eigenvalue weighted by Gasteiger charge is -2.37. The SMILES string of the molecule is OB(O)c1ccccc1CN1CCN2CCCC2C1. The van der Waals surface area contributed by atoms with Crippen LogP contribution in [0.2, 0.25) is 0 Å². The summed E-state index contributed by atoms with van der Waals surface area (Å²) in [5.41, 5.74) is 1.67. The molecule has 2 heterocycles. The molecule has 0 aliphatic carbocycles. The van der Waals surface area contributed by atoms with Gasteiger partial charge in [0.25, 0.3) is 0 Å². The Morgan fingerprint density at radius 1 is 1.16 bits per heavy atom. The van der Waals surface area contributed by atoms with Crippen molar-refractivity contribution in [2.75, 3.05) is 26.2 Å². The van der Waals surface area contributed by atoms with Crippen LogP contribution in [0.3, 0.4) is 0 Å². The maximum absolute atomic E-state index is 9.41. The van der Waals surface area contributed by atoms with E-state index in [9.17, 15) is 10.0 Å². The van der Waals surface area contributed by atoms with Crippen LogP contribution in [0.15, 0.2) is 24.3 Å². The summed E-state index contributed by atoms with van der Waals surface area (Å²) < 4.78 is 0. The summed E-state index contributed by atoms with van der Waals surface area (Å²) in [4.78, 5) is 5.02. The molecule has 4 nitrogen and oxygen atoms in total. The molecular formula is C14H21BN2O2. The van der Waals surface area contributed by atoms with Gasteiger partial charge in [0.05, 0.1) is 0 Å². The van der Waals surface area contributed by atoms with E-state index >= 15 is 0 Å². The zero-order chi connectivity index (χ0) is 13.2. The van der Waals surface area contributed by atoms with E-state index in [1.807, 2.05) is 18.2 Å². The van der Waals surface area contributed by atoms with Gasteiger partial charge in [0.15, 0.2) is 0 Å². The van der Waals surface area contributed by atoms with Crippen LogP contribution in [-0.4, -0.2) is 59.2 Å². The van der Waals surface area contributed by atoms with Crippen LogP contribution in [0.1, 0.15) is 18.4 Å². The lowest BCUT2D eigenvalue weighted by molar-refractivity contribution is 0.0995. The second kappa shape index (κ2) is 5.63. The van der Waals surface area contributed by atoms with Gasteiger partial charge in [-0.05, 0) is 30.4 Å². The third kappa shape index (κ3) is 2.84. The molecule has 2 aliphatic heterocycles. The number of hydrogen-bond acceptors (Lipinski definition) is 4. The molecule has 2 fully saturated rings. The Labute approximate surface area is 114 Å². The number of hydrogen-bond donors (Lipinski definition) is 2. The molecular weight excluding hydrogens is 239 g/mol. The molecule has 1 unspecified atom stereocenters. The molecule has 2 N–H and O–H groups in total. The minimum absolute atomic E-state index is 0.636. The summed E-state index contributed by atoms with van der Waals surface area (Å²) in [5.74, 6) is 0. The molecule has 2 aliphatic rings. The highest BCUT2D eigenvalue weighted by atomic mass is 16.4. The quantitative estimate of drug-likeness (QED) is 0.729. The zero-order valence-corrected chi connectivity index (χ0v) is 11.2. The van der Waals surface area contributed by atoms with E-state index in [4.69, 9.17) is 0 Å². The van der Waals surface area contributed by atoms with Crippen molar-refractivity contribution in [3.63, 3.8) is 0 Å². The highest BCUT2D eigenvalue weighted by Gasteiger charge is 2.30. The smallest absolute Gasteiger partial charge is 0.423 e. The third-order valence-electron chi connectivity index (χ3n) is 4.40. The number of benzene rings is 1. The molecule has 19 heavy (non-hydrogen) atoms. The fraction of sp³-hybridized carbons (Fsp3) is 0.571. The van der Waals surface area contributed by atoms with Crippen LogP contribution < -0.4 is 5.46 Å². The molecule has 102 valence electrons. The second-order valence-electron chi connectivity index (χ2n) is 5.64. The Morgan fingerprint density at radius 3 is 2.84 bits per heavy atom. The van der Waals surface area contributed by atoms with Crippen LogP contribution in [0, 0.1) is 0 Å². The predicted molar refractivity (Wildman–Crippen MR) is 76.1 cm³/mol. The monoisotopic (exact) mass is 260 g/mol. The standard InChI is InChI=1S/C14H21BN2O2/c18-15(19)14-6-2-1-4-12(14)10-16-8-9-17-7-3-5-13(17)11-16/h1-2,4,6,13,18-19H,3,5,7-11H2. The number of nitrogens with zero attached hydrogens (tertiary/aromatic N) is 2. The van der Waals surface area contributed by atoms with Crippen LogP contribution in [0.5, 0.6) is 0 Å². The zero-order valence-electron chi connectivity index (χ0n) is 11.2. The molecule has 1 atom stereocenters. The van der Waals surface area contributed by atoms with Gasteiger partial charge in [-0.1, -0.05) is 24.3 Å². The number of piperazine rings is 1. The first-order valence-corrected chi connectivity index (χ1v) is 7.14. The Kier molecular flexibility index (Phi) is 3.89. The fourth-order valence-electron chi connectivity index (χ4n) is 3.37. The highest BCUT2D eigenvalue weighted by Crippen LogP contribution is 2.22. The first-order chi connectivity index (χ1) is 9.24. The number of rotatable bonds is 3. The molecule has 0 amide bonds. The van der Waals surface area contributed by atoms with E-state index in [1.54, 1.807) is 6.07 Å². The molecule has 0 spiro atoms. The fourth-order valence-corrected chi connectivity index (χ4v) is 3.37. The minimum atomic E-state index is -1.37. The molecule has 0 aromatic heterocycles. The van der Waals surface area contributed by atoms with Gasteiger partial charge in [0, 0.05) is 32.2 Å². The van der Waals surface area contributed by atoms with Crippen molar-refractivity contribution in [1.29, 1.82) is 0 Å². The Morgan fingerprint density at radius 2 is 2.00 bits per heavy atom. The topological polar surface area (TPSA) is 46.9 Å². The molecule has 1 aromatic rings. The summed E-state index contributed by atoms with van der Waals surface area (Å²) in [7, 11) is -1.37. The van der Waals surface area contributed by atoms with E-state index in [1.165, 1.54) is 19.4 Å². The maximum atomic E-state index is 9.41. The average Bonchev–Trinajstić information content (AvgIpc) is 2.86. The molecule has 5 heteroatoms. The van der Waals surface area contributed by atoms with E-state index in [0.29, 0.717) is 11.5 Å². The van der Waals surface area contributed by atoms with Gasteiger partial charge in [-0.2, -0.15) is 0 Å². The van der Waals surface area contributed by atoms with Gasteiger partial charge in [-0.25, -0.2) is 0 Å². The molecule has 0 bridgehead atoms. The molecule has 1 aromatic carbocycles. The van der Waals surface area contributed by atoms with Crippen molar-refractivity contribution in [3.05, 3.63) is 29.8 Å². The van der Waals surface area contributed by atoms with Crippen LogP contribution >= 0.6 is 0 Å². The van der Waals surface area contributed by atoms with Crippen molar-refractivity contribution in [2.45, 2.75) is 25.4 Å². The third-order valence-corrected chi connectivity index (χ3v) is 4.40. The molecule has 0 saturated carbocycles. The Balaban J connectivity index is 1.68. The van der Waals surface area contributed by atoms with Gasteiger partial charge in [-0.15, -0.1) is 0 Å². The predicted octanol–water partition coefficient (Wildman–Crippen LogP) is -0.354. The average molecular weight is 260 g/mol. The summed E-state index contributed by atoms with van der Waals surface area (Å²) in [6.07, 6.45) is 2.63. The summed E-state index contributed by atoms with van der Waals surface area (Å²) in [5, 5.41) is 18.8. The van der Waals surface area contributed by atoms with Crippen molar-refractivity contribution in [3.8, 4) is 0 Å². The molecule has 2 saturated heterocycles. The van der Waals surface area contributed by atoms with Crippen molar-refractivity contribution in [1.82, 2.24) is 9.80 Å². The van der Waals surface area contributed by atoms with Gasteiger partial charge < -0.3 is 10.0 Å². The first kappa shape index (κ1) is 13.1. The lowest BCUT2D eigenvalue weighted by Crippen LogP contribution is -2.50. The largest absolute Gasteiger partial charge is 0.488 e. The first-order valence-electron chi connectivity index (χ1n) is 7.14. The summed E-state index contributed by atoms with van der Waals surface area (Å²) >= 11 is 0. The van der Waals surface area contributed by atoms with Crippen molar-refractivity contribution in [2.24, 2.45) is 0 Å². The summed E-state index contributed by atoms with van der Waals surface area (Å²) in [6.45, 7) is 5.40. The number of fused-ring (bicyclic) bond motifs is 1. The normalized spacial score (nSPS) is 24.4. The van der Waals surface area contributed by atoms with Crippen LogP contribution in [0.25, 0.3) is 0 Å². The van der Waals surface area contributed by atoms with Gasteiger partial charge in [0.2, 0.25) is 0 Å². The second-order valence-corrected chi connectivity index (χ2v) is 5.64. The maximum Gasteiger partial charge on any atom is 0.488 e. The highest BCUT2D eigenvalue weighted by molar-refractivity contribution is 6.59. The molecule has 3 rings (SSSR count). The van der Waals surface area contributed by atoms with E-state index in [2.05, 4.69) is 9.80 Å². The van der Waals surface area contributed by atoms with Crippen molar-refractivity contribution < 1.29 is 10.0 Å². The lowest BCUT2D eigenvalue weighted by atomic mass is 9.77. The van der Waals surface area contributed by atoms with Gasteiger partial charge in [0.1, 0.15) is 0 Å². The Hall–Kier alpha value is -0.875. The van der Waals surface area contributed by atoms with Gasteiger partial charge >= 0.3 is 7.12 Å². The summed E-state index contributed by atoms with van der Waals surface area (Å²) in [6, 6.07) is 8.32. The minimum Gasteiger partial charge on any atom is -0.423 e.